The Labute approximate surface area is 96.6 Å². The molecule has 0 fully saturated rings. The Hall–Kier alpha value is 0.330. The van der Waals surface area contributed by atoms with Gasteiger partial charge in [-0.3, -0.25) is 0 Å². The summed E-state index contributed by atoms with van der Waals surface area (Å²) in [5, 5.41) is 0.167. The minimum atomic E-state index is 0.167. The summed E-state index contributed by atoms with van der Waals surface area (Å²) in [6.07, 6.45) is 3.01. The van der Waals surface area contributed by atoms with Crippen LogP contribution in [-0.2, 0) is 4.79 Å². The van der Waals surface area contributed by atoms with Crippen molar-refractivity contribution in [2.75, 3.05) is 26.9 Å². The Morgan fingerprint density at radius 2 is 1.79 bits per heavy atom. The highest BCUT2D eigenvalue weighted by Crippen LogP contribution is 2.26. The lowest BCUT2D eigenvalue weighted by molar-refractivity contribution is -0.107. The molecule has 86 valence electrons. The molecular weight excluding hydrogens is 214 g/mol. The Morgan fingerprint density at radius 3 is 1.86 bits per heavy atom. The summed E-state index contributed by atoms with van der Waals surface area (Å²) in [4.78, 5) is 12.4. The predicted octanol–water partition coefficient (Wildman–Crippen LogP) is 2.79. The molecule has 1 atom stereocenters. The van der Waals surface area contributed by atoms with Gasteiger partial charge in [0.15, 0.2) is 0 Å². The third-order valence-corrected chi connectivity index (χ3v) is 3.95. The number of rotatable bonds is 5. The van der Waals surface area contributed by atoms with Gasteiger partial charge in [0.05, 0.1) is 5.25 Å². The van der Waals surface area contributed by atoms with E-state index >= 15 is 0 Å². The molecule has 0 radical (unpaired) electrons. The van der Waals surface area contributed by atoms with Crippen molar-refractivity contribution in [3.8, 4) is 0 Å². The van der Waals surface area contributed by atoms with Crippen LogP contribution in [0.4, 0.5) is 0 Å². The van der Waals surface area contributed by atoms with Gasteiger partial charge in [-0.15, -0.1) is 0 Å². The first-order valence-electron chi connectivity index (χ1n) is 4.79. The van der Waals surface area contributed by atoms with Crippen LogP contribution in [0.1, 0.15) is 20.8 Å². The van der Waals surface area contributed by atoms with Crippen molar-refractivity contribution in [3.05, 3.63) is 0 Å². The summed E-state index contributed by atoms with van der Waals surface area (Å²) in [6.45, 7) is 7.38. The zero-order valence-corrected chi connectivity index (χ0v) is 11.7. The molecule has 14 heavy (non-hydrogen) atoms. The number of hydrogen-bond donors (Lipinski definition) is 0. The molecule has 0 aliphatic rings. The van der Waals surface area contributed by atoms with E-state index in [4.69, 9.17) is 0 Å². The molecule has 2 nitrogen and oxygen atoms in total. The summed E-state index contributed by atoms with van der Waals surface area (Å²) in [6, 6.07) is 0. The first-order chi connectivity index (χ1) is 6.49. The quantitative estimate of drug-likeness (QED) is 0.541. The topological polar surface area (TPSA) is 20.3 Å². The number of nitrogens with zero attached hydrogens (tertiary/aromatic N) is 1. The first kappa shape index (κ1) is 16.7. The van der Waals surface area contributed by atoms with Crippen LogP contribution in [0.3, 0.4) is 0 Å². The van der Waals surface area contributed by atoms with Gasteiger partial charge in [0, 0.05) is 0 Å². The van der Waals surface area contributed by atoms with E-state index in [1.54, 1.807) is 21.6 Å². The van der Waals surface area contributed by atoms with Crippen molar-refractivity contribution in [2.45, 2.75) is 26.0 Å². The van der Waals surface area contributed by atoms with E-state index in [9.17, 15) is 4.79 Å². The van der Waals surface area contributed by atoms with Gasteiger partial charge in [-0.2, -0.15) is 0 Å². The van der Waals surface area contributed by atoms with Crippen LogP contribution >= 0.6 is 21.6 Å². The standard InChI is InChI=1S/C6H12OS2.C4H11N/c1-5(2)6(4-7)9-8-3;1-4-5(2)3/h4-6H,1-3H3;4H2,1-3H3. The van der Waals surface area contributed by atoms with E-state index in [1.165, 1.54) is 0 Å². The maximum absolute atomic E-state index is 10.3. The predicted molar refractivity (Wildman–Crippen MR) is 70.0 cm³/mol. The van der Waals surface area contributed by atoms with E-state index in [-0.39, 0.29) is 5.25 Å². The van der Waals surface area contributed by atoms with Crippen LogP contribution in [0, 0.1) is 5.92 Å². The van der Waals surface area contributed by atoms with E-state index in [0.717, 1.165) is 12.8 Å². The number of aldehydes is 1. The average Bonchev–Trinajstić information content (AvgIpc) is 2.14. The molecule has 0 aromatic carbocycles. The highest BCUT2D eigenvalue weighted by Gasteiger charge is 2.10. The second kappa shape index (κ2) is 11.4. The summed E-state index contributed by atoms with van der Waals surface area (Å²) >= 11 is 0. The molecule has 0 N–H and O–H groups in total. The Kier molecular flexibility index (Phi) is 13.6. The first-order valence-corrected chi connectivity index (χ1v) is 7.41. The summed E-state index contributed by atoms with van der Waals surface area (Å²) in [5.74, 6) is 0.458. The minimum absolute atomic E-state index is 0.167. The third kappa shape index (κ3) is 12.3. The van der Waals surface area contributed by atoms with Crippen LogP contribution in [0.15, 0.2) is 0 Å². The number of carbonyl (C=O) groups excluding carboxylic acids is 1. The van der Waals surface area contributed by atoms with Crippen molar-refractivity contribution in [2.24, 2.45) is 5.92 Å². The fourth-order valence-corrected chi connectivity index (χ4v) is 2.36. The van der Waals surface area contributed by atoms with Gasteiger partial charge in [-0.25, -0.2) is 0 Å². The van der Waals surface area contributed by atoms with Crippen molar-refractivity contribution in [1.29, 1.82) is 0 Å². The molecule has 0 bridgehead atoms. The second-order valence-corrected chi connectivity index (χ2v) is 6.15. The van der Waals surface area contributed by atoms with Crippen LogP contribution in [0.5, 0.6) is 0 Å². The zero-order chi connectivity index (χ0) is 11.6. The highest BCUT2D eigenvalue weighted by atomic mass is 33.1. The fraction of sp³-hybridized carbons (Fsp3) is 0.900. The molecule has 0 aliphatic carbocycles. The molecule has 4 heteroatoms. The maximum atomic E-state index is 10.3. The molecule has 0 aromatic heterocycles. The molecular formula is C10H23NOS2. The van der Waals surface area contributed by atoms with Crippen LogP contribution in [0.25, 0.3) is 0 Å². The Bertz CT molecular complexity index is 129. The molecule has 0 saturated heterocycles. The smallest absolute Gasteiger partial charge is 0.134 e. The van der Waals surface area contributed by atoms with Gasteiger partial charge >= 0.3 is 0 Å². The largest absolute Gasteiger partial charge is 0.310 e. The molecule has 0 aliphatic heterocycles. The summed E-state index contributed by atoms with van der Waals surface area (Å²) < 4.78 is 0. The van der Waals surface area contributed by atoms with Gasteiger partial charge in [-0.1, -0.05) is 42.4 Å². The summed E-state index contributed by atoms with van der Waals surface area (Å²) in [5.41, 5.74) is 0. The molecule has 0 heterocycles. The maximum Gasteiger partial charge on any atom is 0.134 e. The number of hydrogen-bond acceptors (Lipinski definition) is 4. The van der Waals surface area contributed by atoms with Gasteiger partial charge < -0.3 is 9.69 Å². The van der Waals surface area contributed by atoms with Gasteiger partial charge in [-0.05, 0) is 32.8 Å². The lowest BCUT2D eigenvalue weighted by Crippen LogP contribution is -2.10. The van der Waals surface area contributed by atoms with Gasteiger partial charge in [0.25, 0.3) is 0 Å². The van der Waals surface area contributed by atoms with Crippen molar-refractivity contribution in [3.63, 3.8) is 0 Å². The lowest BCUT2D eigenvalue weighted by Gasteiger charge is -2.10. The highest BCUT2D eigenvalue weighted by molar-refractivity contribution is 8.76. The van der Waals surface area contributed by atoms with Gasteiger partial charge in [0.2, 0.25) is 0 Å². The van der Waals surface area contributed by atoms with E-state index in [2.05, 4.69) is 39.8 Å². The Morgan fingerprint density at radius 1 is 1.36 bits per heavy atom. The lowest BCUT2D eigenvalue weighted by atomic mass is 10.1. The molecule has 0 saturated carbocycles. The molecule has 0 aromatic rings. The van der Waals surface area contributed by atoms with Crippen molar-refractivity contribution < 1.29 is 4.79 Å². The van der Waals surface area contributed by atoms with E-state index in [0.29, 0.717) is 5.92 Å². The third-order valence-electron chi connectivity index (χ3n) is 1.63. The van der Waals surface area contributed by atoms with Crippen molar-refractivity contribution in [1.82, 2.24) is 4.90 Å². The van der Waals surface area contributed by atoms with Gasteiger partial charge in [0.1, 0.15) is 6.29 Å². The molecule has 1 unspecified atom stereocenters. The van der Waals surface area contributed by atoms with Crippen LogP contribution < -0.4 is 0 Å². The molecule has 0 amide bonds. The molecule has 0 rings (SSSR count). The average molecular weight is 237 g/mol. The van der Waals surface area contributed by atoms with E-state index < -0.39 is 0 Å². The zero-order valence-electron chi connectivity index (χ0n) is 10.1. The second-order valence-electron chi connectivity index (χ2n) is 3.50. The molecule has 0 spiro atoms. The normalized spacial score (nSPS) is 12.3. The Balaban J connectivity index is 0. The minimum Gasteiger partial charge on any atom is -0.310 e. The van der Waals surface area contributed by atoms with Crippen LogP contribution in [-0.4, -0.2) is 43.3 Å². The fourth-order valence-electron chi connectivity index (χ4n) is 0.402. The number of carbonyl (C=O) groups is 1. The van der Waals surface area contributed by atoms with E-state index in [1.807, 2.05) is 6.26 Å². The van der Waals surface area contributed by atoms with Crippen molar-refractivity contribution >= 4 is 27.9 Å². The summed E-state index contributed by atoms with van der Waals surface area (Å²) in [7, 11) is 7.39. The van der Waals surface area contributed by atoms with Crippen LogP contribution in [0.2, 0.25) is 0 Å². The SMILES string of the molecule is CCN(C)C.CSSC(C=O)C(C)C. The monoisotopic (exact) mass is 237 g/mol.